The summed E-state index contributed by atoms with van der Waals surface area (Å²) < 4.78 is 6.63. The molecule has 0 bridgehead atoms. The van der Waals surface area contributed by atoms with E-state index < -0.39 is 0 Å². The van der Waals surface area contributed by atoms with Gasteiger partial charge in [-0.3, -0.25) is 4.79 Å². The first-order chi connectivity index (χ1) is 9.04. The van der Waals surface area contributed by atoms with E-state index in [1.54, 1.807) is 0 Å². The lowest BCUT2D eigenvalue weighted by molar-refractivity contribution is -0.0361. The summed E-state index contributed by atoms with van der Waals surface area (Å²) in [5.41, 5.74) is 1.75. The molecule has 1 amide bonds. The second-order valence-electron chi connectivity index (χ2n) is 4.83. The molecule has 1 aromatic carbocycles. The van der Waals surface area contributed by atoms with E-state index in [2.05, 4.69) is 31.9 Å². The summed E-state index contributed by atoms with van der Waals surface area (Å²) in [6.07, 6.45) is 0.0765. The number of nitrogens with zero attached hydrogens (tertiary/aromatic N) is 1. The lowest BCUT2D eigenvalue weighted by Gasteiger charge is -2.37. The average Bonchev–Trinajstić information content (AvgIpc) is 2.42. The van der Waals surface area contributed by atoms with Crippen LogP contribution in [0.1, 0.15) is 22.8 Å². The summed E-state index contributed by atoms with van der Waals surface area (Å²) in [7, 11) is 0. The van der Waals surface area contributed by atoms with Gasteiger partial charge >= 0.3 is 0 Å². The van der Waals surface area contributed by atoms with Crippen molar-refractivity contribution in [3.63, 3.8) is 0 Å². The highest BCUT2D eigenvalue weighted by molar-refractivity contribution is 9.10. The number of amides is 1. The number of ether oxygens (including phenoxy) is 1. The number of alkyl halides is 1. The zero-order valence-corrected chi connectivity index (χ0v) is 14.2. The van der Waals surface area contributed by atoms with Gasteiger partial charge in [0.1, 0.15) is 0 Å². The van der Waals surface area contributed by atoms with E-state index in [4.69, 9.17) is 4.74 Å². The van der Waals surface area contributed by atoms with Gasteiger partial charge in [-0.2, -0.15) is 0 Å². The molecule has 1 aliphatic heterocycles. The highest BCUT2D eigenvalue weighted by atomic mass is 79.9. The second kappa shape index (κ2) is 6.37. The topological polar surface area (TPSA) is 29.5 Å². The van der Waals surface area contributed by atoms with E-state index in [1.807, 2.05) is 36.9 Å². The number of benzene rings is 1. The molecule has 1 fully saturated rings. The van der Waals surface area contributed by atoms with Crippen LogP contribution < -0.4 is 0 Å². The number of carbonyl (C=O) groups excluding carboxylic acids is 1. The summed E-state index contributed by atoms with van der Waals surface area (Å²) >= 11 is 6.90. The van der Waals surface area contributed by atoms with E-state index >= 15 is 0 Å². The number of carbonyl (C=O) groups is 1. The van der Waals surface area contributed by atoms with Crippen LogP contribution in [0.4, 0.5) is 0 Å². The summed E-state index contributed by atoms with van der Waals surface area (Å²) in [5, 5.41) is 0.751. The molecule has 0 spiro atoms. The summed E-state index contributed by atoms with van der Waals surface area (Å²) in [4.78, 5) is 14.6. The van der Waals surface area contributed by atoms with E-state index in [0.29, 0.717) is 13.2 Å². The minimum atomic E-state index is 0.0765. The largest absolute Gasteiger partial charge is 0.373 e. The lowest BCUT2D eigenvalue weighted by atomic mass is 10.1. The lowest BCUT2D eigenvalue weighted by Crippen LogP contribution is -2.51. The van der Waals surface area contributed by atoms with Crippen LogP contribution in [0.25, 0.3) is 0 Å². The Kier molecular flexibility index (Phi) is 5.03. The first-order valence-electron chi connectivity index (χ1n) is 6.28. The molecular weight excluding hydrogens is 374 g/mol. The summed E-state index contributed by atoms with van der Waals surface area (Å²) in [5.74, 6) is 0.0838. The number of rotatable bonds is 2. The second-order valence-corrected chi connectivity index (χ2v) is 6.33. The Hall–Kier alpha value is -0.390. The first-order valence-corrected chi connectivity index (χ1v) is 8.19. The van der Waals surface area contributed by atoms with Crippen molar-refractivity contribution in [2.45, 2.75) is 26.0 Å². The van der Waals surface area contributed by atoms with Crippen LogP contribution in [-0.4, -0.2) is 41.4 Å². The fourth-order valence-corrected chi connectivity index (χ4v) is 2.95. The van der Waals surface area contributed by atoms with Gasteiger partial charge in [-0.1, -0.05) is 37.9 Å². The van der Waals surface area contributed by atoms with Crippen LogP contribution in [0.2, 0.25) is 0 Å². The van der Waals surface area contributed by atoms with Gasteiger partial charge in [0.15, 0.2) is 0 Å². The van der Waals surface area contributed by atoms with E-state index in [-0.39, 0.29) is 18.1 Å². The van der Waals surface area contributed by atoms with Gasteiger partial charge in [0.25, 0.3) is 5.91 Å². The van der Waals surface area contributed by atoms with Crippen LogP contribution in [0.15, 0.2) is 22.7 Å². The summed E-state index contributed by atoms with van der Waals surface area (Å²) in [6.45, 7) is 5.21. The molecule has 5 heteroatoms. The van der Waals surface area contributed by atoms with Crippen molar-refractivity contribution >= 4 is 37.8 Å². The van der Waals surface area contributed by atoms with Gasteiger partial charge in [-0.15, -0.1) is 0 Å². The van der Waals surface area contributed by atoms with E-state index in [1.165, 1.54) is 0 Å². The Balaban J connectivity index is 2.24. The molecule has 0 aromatic heterocycles. The molecule has 3 nitrogen and oxygen atoms in total. The SMILES string of the molecule is Cc1c(Br)cccc1C(=O)N1CC(CBr)OCC1C. The number of halogens is 2. The normalized spacial score (nSPS) is 23.5. The third kappa shape index (κ3) is 3.20. The van der Waals surface area contributed by atoms with Crippen molar-refractivity contribution in [3.05, 3.63) is 33.8 Å². The molecule has 0 radical (unpaired) electrons. The Bertz CT molecular complexity index is 479. The maximum Gasteiger partial charge on any atom is 0.254 e. The molecule has 0 N–H and O–H groups in total. The molecule has 2 atom stereocenters. The Labute approximate surface area is 130 Å². The average molecular weight is 391 g/mol. The molecule has 104 valence electrons. The molecule has 1 aliphatic rings. The summed E-state index contributed by atoms with van der Waals surface area (Å²) in [6, 6.07) is 5.85. The van der Waals surface area contributed by atoms with Gasteiger partial charge in [0, 0.05) is 21.9 Å². The van der Waals surface area contributed by atoms with Gasteiger partial charge in [-0.05, 0) is 31.5 Å². The molecule has 19 heavy (non-hydrogen) atoms. The monoisotopic (exact) mass is 389 g/mol. The molecule has 1 saturated heterocycles. The predicted molar refractivity (Wildman–Crippen MR) is 82.9 cm³/mol. The highest BCUT2D eigenvalue weighted by Gasteiger charge is 2.30. The first kappa shape index (κ1) is 15.0. The number of hydrogen-bond donors (Lipinski definition) is 0. The fourth-order valence-electron chi connectivity index (χ4n) is 2.19. The van der Waals surface area contributed by atoms with Crippen molar-refractivity contribution in [2.24, 2.45) is 0 Å². The minimum Gasteiger partial charge on any atom is -0.373 e. The quantitative estimate of drug-likeness (QED) is 0.724. The molecule has 2 unspecified atom stereocenters. The zero-order valence-electron chi connectivity index (χ0n) is 11.0. The maximum atomic E-state index is 12.7. The van der Waals surface area contributed by atoms with Gasteiger partial charge in [-0.25, -0.2) is 0 Å². The van der Waals surface area contributed by atoms with Gasteiger partial charge in [0.2, 0.25) is 0 Å². The number of hydrogen-bond acceptors (Lipinski definition) is 2. The van der Waals surface area contributed by atoms with Gasteiger partial charge in [0.05, 0.1) is 18.8 Å². The Morgan fingerprint density at radius 1 is 1.53 bits per heavy atom. The zero-order chi connectivity index (χ0) is 14.0. The van der Waals surface area contributed by atoms with Crippen molar-refractivity contribution < 1.29 is 9.53 Å². The molecule has 0 saturated carbocycles. The van der Waals surface area contributed by atoms with Crippen LogP contribution in [-0.2, 0) is 4.74 Å². The highest BCUT2D eigenvalue weighted by Crippen LogP contribution is 2.23. The molecule has 2 rings (SSSR count). The smallest absolute Gasteiger partial charge is 0.254 e. The Morgan fingerprint density at radius 2 is 2.26 bits per heavy atom. The van der Waals surface area contributed by atoms with Crippen LogP contribution in [0.3, 0.4) is 0 Å². The van der Waals surface area contributed by atoms with Crippen LogP contribution in [0.5, 0.6) is 0 Å². The van der Waals surface area contributed by atoms with Crippen molar-refractivity contribution in [2.75, 3.05) is 18.5 Å². The fraction of sp³-hybridized carbons (Fsp3) is 0.500. The minimum absolute atomic E-state index is 0.0765. The van der Waals surface area contributed by atoms with Crippen molar-refractivity contribution in [3.8, 4) is 0 Å². The predicted octanol–water partition coefficient (Wildman–Crippen LogP) is 3.38. The van der Waals surface area contributed by atoms with E-state index in [9.17, 15) is 4.79 Å². The van der Waals surface area contributed by atoms with Crippen molar-refractivity contribution in [1.82, 2.24) is 4.90 Å². The molecule has 0 aliphatic carbocycles. The molecule has 1 heterocycles. The molecule has 1 aromatic rings. The Morgan fingerprint density at radius 3 is 2.95 bits per heavy atom. The maximum absolute atomic E-state index is 12.7. The van der Waals surface area contributed by atoms with E-state index in [0.717, 1.165) is 20.9 Å². The number of morpholine rings is 1. The molecular formula is C14H17Br2NO2. The standard InChI is InChI=1S/C14H17Br2NO2/c1-9-8-19-11(6-15)7-17(9)14(18)12-4-3-5-13(16)10(12)2/h3-5,9,11H,6-8H2,1-2H3. The van der Waals surface area contributed by atoms with Crippen molar-refractivity contribution in [1.29, 1.82) is 0 Å². The van der Waals surface area contributed by atoms with Crippen LogP contribution >= 0.6 is 31.9 Å². The van der Waals surface area contributed by atoms with Gasteiger partial charge < -0.3 is 9.64 Å². The third-order valence-corrected chi connectivity index (χ3v) is 5.02. The third-order valence-electron chi connectivity index (χ3n) is 3.44. The van der Waals surface area contributed by atoms with Crippen LogP contribution in [0, 0.1) is 6.92 Å².